The Morgan fingerprint density at radius 3 is 2.84 bits per heavy atom. The molecular weight excluding hydrogens is 258 g/mol. The molecule has 1 unspecified atom stereocenters. The van der Waals surface area contributed by atoms with Crippen LogP contribution in [0.25, 0.3) is 0 Å². The fourth-order valence-electron chi connectivity index (χ4n) is 1.68. The molecule has 1 atom stereocenters. The van der Waals surface area contributed by atoms with Crippen molar-refractivity contribution in [2.45, 2.75) is 26.7 Å². The van der Waals surface area contributed by atoms with Crippen LogP contribution in [0.3, 0.4) is 0 Å². The molecule has 1 N–H and O–H groups in total. The lowest BCUT2D eigenvalue weighted by molar-refractivity contribution is 0.786. The minimum absolute atomic E-state index is 0.273. The van der Waals surface area contributed by atoms with E-state index in [2.05, 4.69) is 33.5 Å². The molecular formula is C13H15N5S. The lowest BCUT2D eigenvalue weighted by atomic mass is 10.1. The summed E-state index contributed by atoms with van der Waals surface area (Å²) < 4.78 is 0. The average molecular weight is 273 g/mol. The van der Waals surface area contributed by atoms with Crippen LogP contribution in [0.15, 0.2) is 11.6 Å². The molecule has 2 rings (SSSR count). The van der Waals surface area contributed by atoms with Gasteiger partial charge in [-0.15, -0.1) is 16.4 Å². The van der Waals surface area contributed by atoms with Crippen LogP contribution in [0.5, 0.6) is 0 Å². The number of hydrogen-bond acceptors (Lipinski definition) is 6. The molecule has 2 aromatic heterocycles. The molecule has 0 bridgehead atoms. The van der Waals surface area contributed by atoms with Gasteiger partial charge in [0.1, 0.15) is 11.6 Å². The smallest absolute Gasteiger partial charge is 0.166 e. The van der Waals surface area contributed by atoms with Gasteiger partial charge in [0, 0.05) is 24.0 Å². The number of anilines is 1. The Bertz CT molecular complexity index is 600. The Balaban J connectivity index is 2.12. The number of nitrogens with one attached hydrogen (secondary N) is 1. The van der Waals surface area contributed by atoms with Gasteiger partial charge < -0.3 is 5.32 Å². The first-order chi connectivity index (χ1) is 9.13. The van der Waals surface area contributed by atoms with Gasteiger partial charge in [-0.2, -0.15) is 10.4 Å². The predicted molar refractivity (Wildman–Crippen MR) is 75.2 cm³/mol. The van der Waals surface area contributed by atoms with Crippen LogP contribution >= 0.6 is 11.3 Å². The van der Waals surface area contributed by atoms with E-state index in [4.69, 9.17) is 0 Å². The number of nitriles is 1. The van der Waals surface area contributed by atoms with E-state index in [-0.39, 0.29) is 5.92 Å². The zero-order valence-electron chi connectivity index (χ0n) is 11.1. The van der Waals surface area contributed by atoms with Crippen molar-refractivity contribution in [2.24, 2.45) is 0 Å². The largest absolute Gasteiger partial charge is 0.367 e. The lowest BCUT2D eigenvalue weighted by Crippen LogP contribution is -2.13. The van der Waals surface area contributed by atoms with Crippen LogP contribution < -0.4 is 5.32 Å². The standard InChI is InChI=1S/C13H15N5S/c1-8(13-15-4-5-19-13)7-16-12-11(6-14)9(2)10(3)17-18-12/h4-5,8H,7H2,1-3H3,(H,16,18). The Kier molecular flexibility index (Phi) is 4.07. The quantitative estimate of drug-likeness (QED) is 0.927. The molecule has 0 fully saturated rings. The van der Waals surface area contributed by atoms with Crippen molar-refractivity contribution in [3.63, 3.8) is 0 Å². The summed E-state index contributed by atoms with van der Waals surface area (Å²) in [4.78, 5) is 4.28. The first-order valence-electron chi connectivity index (χ1n) is 6.00. The fourth-order valence-corrected chi connectivity index (χ4v) is 2.38. The van der Waals surface area contributed by atoms with Gasteiger partial charge in [-0.1, -0.05) is 6.92 Å². The van der Waals surface area contributed by atoms with Crippen molar-refractivity contribution in [1.82, 2.24) is 15.2 Å². The summed E-state index contributed by atoms with van der Waals surface area (Å²) in [7, 11) is 0. The Morgan fingerprint density at radius 1 is 1.42 bits per heavy atom. The second kappa shape index (κ2) is 5.76. The van der Waals surface area contributed by atoms with Crippen LogP contribution in [0.4, 0.5) is 5.82 Å². The van der Waals surface area contributed by atoms with E-state index in [1.807, 2.05) is 19.2 Å². The third kappa shape index (κ3) is 2.88. The van der Waals surface area contributed by atoms with Crippen LogP contribution in [0, 0.1) is 25.2 Å². The third-order valence-corrected chi connectivity index (χ3v) is 4.02. The molecule has 98 valence electrons. The molecule has 6 heteroatoms. The highest BCUT2D eigenvalue weighted by atomic mass is 32.1. The molecule has 0 aliphatic carbocycles. The molecule has 0 aliphatic heterocycles. The minimum atomic E-state index is 0.273. The molecule has 19 heavy (non-hydrogen) atoms. The van der Waals surface area contributed by atoms with Crippen LogP contribution in [-0.2, 0) is 0 Å². The van der Waals surface area contributed by atoms with E-state index < -0.39 is 0 Å². The van der Waals surface area contributed by atoms with Gasteiger partial charge in [0.2, 0.25) is 0 Å². The maximum atomic E-state index is 9.20. The molecule has 0 aromatic carbocycles. The summed E-state index contributed by atoms with van der Waals surface area (Å²) in [5.74, 6) is 0.823. The van der Waals surface area contributed by atoms with Crippen molar-refractivity contribution in [2.75, 3.05) is 11.9 Å². The zero-order chi connectivity index (χ0) is 13.8. The Labute approximate surface area is 116 Å². The monoisotopic (exact) mass is 273 g/mol. The van der Waals surface area contributed by atoms with Crippen molar-refractivity contribution < 1.29 is 0 Å². The van der Waals surface area contributed by atoms with E-state index >= 15 is 0 Å². The highest BCUT2D eigenvalue weighted by molar-refractivity contribution is 7.09. The maximum Gasteiger partial charge on any atom is 0.166 e. The van der Waals surface area contributed by atoms with Crippen molar-refractivity contribution >= 4 is 17.2 Å². The highest BCUT2D eigenvalue weighted by Crippen LogP contribution is 2.21. The van der Waals surface area contributed by atoms with E-state index in [0.29, 0.717) is 17.9 Å². The first-order valence-corrected chi connectivity index (χ1v) is 6.88. The van der Waals surface area contributed by atoms with E-state index in [1.54, 1.807) is 17.5 Å². The SMILES string of the molecule is Cc1nnc(NCC(C)c2nccs2)c(C#N)c1C. The van der Waals surface area contributed by atoms with Gasteiger partial charge in [0.05, 0.1) is 10.7 Å². The number of thiazole rings is 1. The average Bonchev–Trinajstić information content (AvgIpc) is 2.94. The van der Waals surface area contributed by atoms with Crippen LogP contribution in [-0.4, -0.2) is 21.7 Å². The summed E-state index contributed by atoms with van der Waals surface area (Å²) >= 11 is 1.63. The van der Waals surface area contributed by atoms with Gasteiger partial charge in [-0.05, 0) is 19.4 Å². The van der Waals surface area contributed by atoms with Crippen molar-refractivity contribution in [1.29, 1.82) is 5.26 Å². The number of rotatable bonds is 4. The minimum Gasteiger partial charge on any atom is -0.367 e. The normalized spacial score (nSPS) is 11.9. The number of aryl methyl sites for hydroxylation is 1. The third-order valence-electron chi connectivity index (χ3n) is 3.01. The van der Waals surface area contributed by atoms with Crippen LogP contribution in [0.2, 0.25) is 0 Å². The number of hydrogen-bond donors (Lipinski definition) is 1. The molecule has 2 heterocycles. The molecule has 0 spiro atoms. The molecule has 2 aromatic rings. The maximum absolute atomic E-state index is 9.20. The number of nitrogens with zero attached hydrogens (tertiary/aromatic N) is 4. The molecule has 0 saturated carbocycles. The van der Waals surface area contributed by atoms with E-state index in [9.17, 15) is 5.26 Å². The Hall–Kier alpha value is -2.00. The van der Waals surface area contributed by atoms with Gasteiger partial charge in [-0.25, -0.2) is 4.98 Å². The van der Waals surface area contributed by atoms with Gasteiger partial charge in [-0.3, -0.25) is 0 Å². The molecule has 5 nitrogen and oxygen atoms in total. The summed E-state index contributed by atoms with van der Waals surface area (Å²) in [6.45, 7) is 6.51. The highest BCUT2D eigenvalue weighted by Gasteiger charge is 2.13. The molecule has 0 saturated heterocycles. The molecule has 0 radical (unpaired) electrons. The molecule has 0 amide bonds. The van der Waals surface area contributed by atoms with Gasteiger partial charge >= 0.3 is 0 Å². The first kappa shape index (κ1) is 13.4. The van der Waals surface area contributed by atoms with Gasteiger partial charge in [0.25, 0.3) is 0 Å². The summed E-state index contributed by atoms with van der Waals surface area (Å²) in [5.41, 5.74) is 2.23. The Morgan fingerprint density at radius 2 is 2.21 bits per heavy atom. The fraction of sp³-hybridized carbons (Fsp3) is 0.385. The van der Waals surface area contributed by atoms with Crippen LogP contribution in [0.1, 0.15) is 34.7 Å². The zero-order valence-corrected chi connectivity index (χ0v) is 12.0. The number of aromatic nitrogens is 3. The predicted octanol–water partition coefficient (Wildman–Crippen LogP) is 2.64. The van der Waals surface area contributed by atoms with Crippen molar-refractivity contribution in [3.05, 3.63) is 33.4 Å². The van der Waals surface area contributed by atoms with Crippen molar-refractivity contribution in [3.8, 4) is 6.07 Å². The summed E-state index contributed by atoms with van der Waals surface area (Å²) in [6.07, 6.45) is 1.80. The lowest BCUT2D eigenvalue weighted by Gasteiger charge is -2.12. The van der Waals surface area contributed by atoms with E-state index in [1.165, 1.54) is 0 Å². The summed E-state index contributed by atoms with van der Waals surface area (Å²) in [6, 6.07) is 2.19. The van der Waals surface area contributed by atoms with Gasteiger partial charge in [0.15, 0.2) is 5.82 Å². The van der Waals surface area contributed by atoms with E-state index in [0.717, 1.165) is 16.3 Å². The second-order valence-electron chi connectivity index (χ2n) is 4.40. The molecule has 0 aliphatic rings. The second-order valence-corrected chi connectivity index (χ2v) is 5.32. The topological polar surface area (TPSA) is 74.5 Å². The summed E-state index contributed by atoms with van der Waals surface area (Å²) in [5, 5.41) is 23.5.